The molecule has 0 saturated heterocycles. The number of hydrogen-bond donors (Lipinski definition) is 1. The lowest BCUT2D eigenvalue weighted by Crippen LogP contribution is -2.33. The van der Waals surface area contributed by atoms with Crippen molar-refractivity contribution in [1.29, 1.82) is 0 Å². The van der Waals surface area contributed by atoms with Gasteiger partial charge in [-0.25, -0.2) is 8.42 Å². The van der Waals surface area contributed by atoms with Crippen molar-refractivity contribution in [2.45, 2.75) is 36.6 Å². The summed E-state index contributed by atoms with van der Waals surface area (Å²) in [5, 5.41) is 3.08. The number of rotatable bonds is 2. The number of benzene rings is 2. The van der Waals surface area contributed by atoms with Crippen molar-refractivity contribution < 1.29 is 13.2 Å². The predicted octanol–water partition coefficient (Wildman–Crippen LogP) is 3.16. The van der Waals surface area contributed by atoms with E-state index in [-0.39, 0.29) is 16.8 Å². The second-order valence-corrected chi connectivity index (χ2v) is 8.59. The van der Waals surface area contributed by atoms with E-state index in [1.54, 1.807) is 43.4 Å². The highest BCUT2D eigenvalue weighted by atomic mass is 32.2. The molecule has 0 spiro atoms. The summed E-state index contributed by atoms with van der Waals surface area (Å²) in [5.74, 6) is -0.0942. The lowest BCUT2D eigenvalue weighted by atomic mass is 10.00. The number of sulfonamides is 1. The Labute approximate surface area is 147 Å². The van der Waals surface area contributed by atoms with E-state index in [2.05, 4.69) is 5.32 Å². The maximum absolute atomic E-state index is 12.7. The lowest BCUT2D eigenvalue weighted by Gasteiger charge is -2.29. The highest BCUT2D eigenvalue weighted by Gasteiger charge is 2.32. The first-order valence-electron chi connectivity index (χ1n) is 8.52. The Bertz CT molecular complexity index is 947. The summed E-state index contributed by atoms with van der Waals surface area (Å²) in [5.41, 5.74) is 2.57. The zero-order valence-electron chi connectivity index (χ0n) is 14.0. The van der Waals surface area contributed by atoms with E-state index in [9.17, 15) is 13.2 Å². The van der Waals surface area contributed by atoms with Crippen molar-refractivity contribution in [3.63, 3.8) is 0 Å². The van der Waals surface area contributed by atoms with Gasteiger partial charge < -0.3 is 5.32 Å². The Morgan fingerprint density at radius 1 is 1.08 bits per heavy atom. The Balaban J connectivity index is 1.77. The van der Waals surface area contributed by atoms with Crippen LogP contribution < -0.4 is 9.62 Å². The van der Waals surface area contributed by atoms with E-state index in [0.29, 0.717) is 16.8 Å². The van der Waals surface area contributed by atoms with Gasteiger partial charge in [0.25, 0.3) is 15.9 Å². The van der Waals surface area contributed by atoms with Crippen LogP contribution in [0.3, 0.4) is 0 Å². The van der Waals surface area contributed by atoms with E-state index < -0.39 is 10.0 Å². The molecule has 6 heteroatoms. The maximum atomic E-state index is 12.7. The largest absolute Gasteiger partial charge is 0.349 e. The third-order valence-electron chi connectivity index (χ3n) is 5.10. The topological polar surface area (TPSA) is 66.5 Å². The van der Waals surface area contributed by atoms with Crippen LogP contribution in [0.5, 0.6) is 0 Å². The van der Waals surface area contributed by atoms with E-state index >= 15 is 0 Å². The molecule has 130 valence electrons. The van der Waals surface area contributed by atoms with Crippen LogP contribution in [0.2, 0.25) is 0 Å². The van der Waals surface area contributed by atoms with Gasteiger partial charge in [-0.15, -0.1) is 0 Å². The SMILES string of the molecule is CN1c2ccc(C(=O)NC3CCCC3)cc2-c2ccccc2S1(=O)=O. The molecule has 2 aliphatic rings. The fourth-order valence-electron chi connectivity index (χ4n) is 3.70. The van der Waals surface area contributed by atoms with Crippen LogP contribution >= 0.6 is 0 Å². The normalized spacial score (nSPS) is 18.5. The van der Waals surface area contributed by atoms with Crippen LogP contribution in [0.25, 0.3) is 11.1 Å². The zero-order chi connectivity index (χ0) is 17.6. The second kappa shape index (κ2) is 5.88. The smallest absolute Gasteiger partial charge is 0.264 e. The summed E-state index contributed by atoms with van der Waals surface area (Å²) in [6.07, 6.45) is 4.37. The van der Waals surface area contributed by atoms with E-state index in [1.807, 2.05) is 6.07 Å². The molecule has 1 fully saturated rings. The number of fused-ring (bicyclic) bond motifs is 3. The summed E-state index contributed by atoms with van der Waals surface area (Å²) in [4.78, 5) is 12.8. The molecule has 1 aliphatic carbocycles. The lowest BCUT2D eigenvalue weighted by molar-refractivity contribution is 0.0938. The van der Waals surface area contributed by atoms with Gasteiger partial charge in [-0.05, 0) is 37.1 Å². The van der Waals surface area contributed by atoms with E-state index in [4.69, 9.17) is 0 Å². The summed E-state index contributed by atoms with van der Waals surface area (Å²) < 4.78 is 26.6. The van der Waals surface area contributed by atoms with Crippen LogP contribution in [0, 0.1) is 0 Å². The molecule has 4 rings (SSSR count). The number of nitrogens with one attached hydrogen (secondary N) is 1. The van der Waals surface area contributed by atoms with Crippen LogP contribution in [-0.4, -0.2) is 27.4 Å². The molecule has 0 unspecified atom stereocenters. The van der Waals surface area contributed by atoms with Crippen molar-refractivity contribution in [3.05, 3.63) is 48.0 Å². The molecule has 1 aliphatic heterocycles. The molecule has 0 radical (unpaired) electrons. The molecule has 1 heterocycles. The third kappa shape index (κ3) is 2.61. The highest BCUT2D eigenvalue weighted by Crippen LogP contribution is 2.42. The fraction of sp³-hybridized carbons (Fsp3) is 0.316. The number of carbonyl (C=O) groups excluding carboxylic acids is 1. The third-order valence-corrected chi connectivity index (χ3v) is 6.93. The fourth-order valence-corrected chi connectivity index (χ4v) is 5.12. The zero-order valence-corrected chi connectivity index (χ0v) is 14.8. The molecule has 2 aromatic rings. The molecule has 0 aromatic heterocycles. The van der Waals surface area contributed by atoms with Gasteiger partial charge in [0.2, 0.25) is 0 Å². The minimum absolute atomic E-state index is 0.0942. The first-order valence-corrected chi connectivity index (χ1v) is 9.96. The number of carbonyl (C=O) groups is 1. The monoisotopic (exact) mass is 356 g/mol. The van der Waals surface area contributed by atoms with E-state index in [0.717, 1.165) is 31.2 Å². The van der Waals surface area contributed by atoms with Gasteiger partial charge in [0.15, 0.2) is 0 Å². The van der Waals surface area contributed by atoms with Crippen LogP contribution in [0.4, 0.5) is 5.69 Å². The Hall–Kier alpha value is -2.34. The standard InChI is InChI=1S/C19H20N2O3S/c1-21-17-11-10-13(19(22)20-14-6-2-3-7-14)12-16(17)15-8-4-5-9-18(15)25(21,23)24/h4-5,8-12,14H,2-3,6-7H2,1H3,(H,20,22). The molecule has 0 atom stereocenters. The average Bonchev–Trinajstić information content (AvgIpc) is 3.12. The minimum Gasteiger partial charge on any atom is -0.349 e. The van der Waals surface area contributed by atoms with Gasteiger partial charge in [-0.1, -0.05) is 31.0 Å². The van der Waals surface area contributed by atoms with Crippen molar-refractivity contribution in [2.24, 2.45) is 0 Å². The Morgan fingerprint density at radius 2 is 1.80 bits per heavy atom. The summed E-state index contributed by atoms with van der Waals surface area (Å²) in [6.45, 7) is 0. The number of hydrogen-bond acceptors (Lipinski definition) is 3. The van der Waals surface area contributed by atoms with Crippen molar-refractivity contribution in [2.75, 3.05) is 11.4 Å². The minimum atomic E-state index is -3.55. The first-order chi connectivity index (χ1) is 12.0. The molecule has 1 saturated carbocycles. The quantitative estimate of drug-likeness (QED) is 0.899. The van der Waals surface area contributed by atoms with Crippen molar-refractivity contribution in [1.82, 2.24) is 5.32 Å². The molecular weight excluding hydrogens is 336 g/mol. The summed E-state index contributed by atoms with van der Waals surface area (Å²) >= 11 is 0. The molecule has 1 amide bonds. The van der Waals surface area contributed by atoms with Crippen molar-refractivity contribution >= 4 is 21.6 Å². The van der Waals surface area contributed by atoms with E-state index in [1.165, 1.54) is 4.31 Å². The van der Waals surface area contributed by atoms with Gasteiger partial charge >= 0.3 is 0 Å². The molecule has 25 heavy (non-hydrogen) atoms. The Morgan fingerprint density at radius 3 is 2.56 bits per heavy atom. The number of amides is 1. The van der Waals surface area contributed by atoms with Gasteiger partial charge in [0.05, 0.1) is 10.6 Å². The van der Waals surface area contributed by atoms with Gasteiger partial charge in [-0.2, -0.15) is 0 Å². The molecule has 2 aromatic carbocycles. The van der Waals surface area contributed by atoms with Crippen LogP contribution in [0.1, 0.15) is 36.0 Å². The summed E-state index contributed by atoms with van der Waals surface area (Å²) in [6, 6.07) is 12.4. The molecule has 1 N–H and O–H groups in total. The molecular formula is C19H20N2O3S. The molecule has 5 nitrogen and oxygen atoms in total. The predicted molar refractivity (Wildman–Crippen MR) is 97.2 cm³/mol. The van der Waals surface area contributed by atoms with Crippen molar-refractivity contribution in [3.8, 4) is 11.1 Å². The van der Waals surface area contributed by atoms with Gasteiger partial charge in [0, 0.05) is 29.8 Å². The first kappa shape index (κ1) is 16.1. The maximum Gasteiger partial charge on any atom is 0.264 e. The van der Waals surface area contributed by atoms with Gasteiger partial charge in [-0.3, -0.25) is 9.10 Å². The van der Waals surface area contributed by atoms with Gasteiger partial charge in [0.1, 0.15) is 0 Å². The van der Waals surface area contributed by atoms with Crippen LogP contribution in [0.15, 0.2) is 47.4 Å². The van der Waals surface area contributed by atoms with Crippen LogP contribution in [-0.2, 0) is 10.0 Å². The number of anilines is 1. The average molecular weight is 356 g/mol. The summed E-state index contributed by atoms with van der Waals surface area (Å²) in [7, 11) is -2.01. The second-order valence-electron chi connectivity index (χ2n) is 6.66. The number of nitrogens with zero attached hydrogens (tertiary/aromatic N) is 1. The molecule has 0 bridgehead atoms. The highest BCUT2D eigenvalue weighted by molar-refractivity contribution is 7.93. The Kier molecular flexibility index (Phi) is 3.80.